The minimum Gasteiger partial charge on any atom is -0.493 e. The quantitative estimate of drug-likeness (QED) is 0.447. The Balaban J connectivity index is 1.89. The molecule has 0 heterocycles. The van der Waals surface area contributed by atoms with Crippen LogP contribution >= 0.6 is 11.6 Å². The lowest BCUT2D eigenvalue weighted by Gasteiger charge is -2.10. The number of hydrogen-bond acceptors (Lipinski definition) is 5. The molecule has 6 nitrogen and oxygen atoms in total. The number of nitro groups is 1. The van der Waals surface area contributed by atoms with Crippen molar-refractivity contribution in [3.8, 4) is 11.5 Å². The van der Waals surface area contributed by atoms with Crippen LogP contribution in [0.15, 0.2) is 36.4 Å². The fraction of sp³-hybridized carbons (Fsp3) is 0.294. The van der Waals surface area contributed by atoms with E-state index < -0.39 is 4.92 Å². The van der Waals surface area contributed by atoms with Gasteiger partial charge in [0.25, 0.3) is 5.69 Å². The van der Waals surface area contributed by atoms with Gasteiger partial charge in [-0.25, -0.2) is 0 Å². The first-order valence-corrected chi connectivity index (χ1v) is 7.77. The summed E-state index contributed by atoms with van der Waals surface area (Å²) in [6, 6.07) is 10.6. The second-order valence-electron chi connectivity index (χ2n) is 5.16. The summed E-state index contributed by atoms with van der Waals surface area (Å²) in [6.07, 6.45) is 0.802. The molecule has 0 radical (unpaired) electrons. The maximum Gasteiger partial charge on any atom is 0.288 e. The SMILES string of the molecule is COc1ccc(CCNCc2ccc(Cl)c([N+](=O)[O-])c2)cc1OC. The average Bonchev–Trinajstić information content (AvgIpc) is 2.59. The first-order valence-electron chi connectivity index (χ1n) is 7.39. The Morgan fingerprint density at radius 1 is 1.08 bits per heavy atom. The van der Waals surface area contributed by atoms with Gasteiger partial charge in [-0.3, -0.25) is 10.1 Å². The second-order valence-corrected chi connectivity index (χ2v) is 5.57. The Labute approximate surface area is 145 Å². The number of methoxy groups -OCH3 is 2. The highest BCUT2D eigenvalue weighted by Crippen LogP contribution is 2.27. The summed E-state index contributed by atoms with van der Waals surface area (Å²) in [6.45, 7) is 1.26. The predicted molar refractivity (Wildman–Crippen MR) is 93.1 cm³/mol. The van der Waals surface area contributed by atoms with Gasteiger partial charge in [0.1, 0.15) is 5.02 Å². The molecule has 0 amide bonds. The fourth-order valence-corrected chi connectivity index (χ4v) is 2.50. The second kappa shape index (κ2) is 8.52. The summed E-state index contributed by atoms with van der Waals surface area (Å²) in [7, 11) is 3.21. The van der Waals surface area contributed by atoms with Crippen molar-refractivity contribution in [2.24, 2.45) is 0 Å². The number of nitrogens with one attached hydrogen (secondary N) is 1. The van der Waals surface area contributed by atoms with Crippen molar-refractivity contribution in [3.05, 3.63) is 62.7 Å². The molecule has 128 valence electrons. The van der Waals surface area contributed by atoms with Crippen LogP contribution < -0.4 is 14.8 Å². The van der Waals surface area contributed by atoms with Crippen LogP contribution in [0.25, 0.3) is 0 Å². The van der Waals surface area contributed by atoms with E-state index in [1.165, 1.54) is 6.07 Å². The molecule has 0 aliphatic heterocycles. The summed E-state index contributed by atoms with van der Waals surface area (Å²) in [4.78, 5) is 10.4. The standard InChI is InChI=1S/C17H19ClN2O4/c1-23-16-6-4-12(10-17(16)24-2)7-8-19-11-13-3-5-14(18)15(9-13)20(21)22/h3-6,9-10,19H,7-8,11H2,1-2H3. The van der Waals surface area contributed by atoms with Crippen molar-refractivity contribution in [1.82, 2.24) is 5.32 Å². The van der Waals surface area contributed by atoms with Crippen molar-refractivity contribution in [1.29, 1.82) is 0 Å². The maximum atomic E-state index is 10.9. The molecular weight excluding hydrogens is 332 g/mol. The van der Waals surface area contributed by atoms with E-state index in [4.69, 9.17) is 21.1 Å². The lowest BCUT2D eigenvalue weighted by Crippen LogP contribution is -2.16. The molecule has 0 fully saturated rings. The van der Waals surface area contributed by atoms with Crippen molar-refractivity contribution < 1.29 is 14.4 Å². The number of nitrogens with zero attached hydrogens (tertiary/aromatic N) is 1. The first-order chi connectivity index (χ1) is 11.5. The Kier molecular flexibility index (Phi) is 6.40. The number of hydrogen-bond donors (Lipinski definition) is 1. The van der Waals surface area contributed by atoms with Gasteiger partial charge >= 0.3 is 0 Å². The molecule has 0 aromatic heterocycles. The summed E-state index contributed by atoms with van der Waals surface area (Å²) in [5.41, 5.74) is 1.86. The molecule has 0 saturated carbocycles. The predicted octanol–water partition coefficient (Wildman–Crippen LogP) is 3.60. The Morgan fingerprint density at radius 2 is 1.79 bits per heavy atom. The maximum absolute atomic E-state index is 10.9. The van der Waals surface area contributed by atoms with E-state index in [-0.39, 0.29) is 10.7 Å². The number of nitro benzene ring substituents is 1. The van der Waals surface area contributed by atoms with E-state index in [2.05, 4.69) is 5.32 Å². The molecule has 7 heteroatoms. The first kappa shape index (κ1) is 18.0. The topological polar surface area (TPSA) is 73.6 Å². The van der Waals surface area contributed by atoms with Crippen LogP contribution in [0, 0.1) is 10.1 Å². The minimum atomic E-state index is -0.477. The molecule has 1 N–H and O–H groups in total. The zero-order chi connectivity index (χ0) is 17.5. The van der Waals surface area contributed by atoms with Gasteiger partial charge in [0.05, 0.1) is 19.1 Å². The van der Waals surface area contributed by atoms with E-state index in [0.717, 1.165) is 24.1 Å². The van der Waals surface area contributed by atoms with Crippen molar-refractivity contribution in [3.63, 3.8) is 0 Å². The van der Waals surface area contributed by atoms with Gasteiger partial charge in [0, 0.05) is 12.6 Å². The highest BCUT2D eigenvalue weighted by atomic mass is 35.5. The van der Waals surface area contributed by atoms with Crippen LogP contribution in [0.3, 0.4) is 0 Å². The van der Waals surface area contributed by atoms with E-state index in [1.54, 1.807) is 26.4 Å². The normalized spacial score (nSPS) is 10.5. The van der Waals surface area contributed by atoms with Gasteiger partial charge < -0.3 is 14.8 Å². The third-order valence-electron chi connectivity index (χ3n) is 3.57. The van der Waals surface area contributed by atoms with Crippen molar-refractivity contribution in [2.75, 3.05) is 20.8 Å². The molecular formula is C17H19ClN2O4. The molecule has 24 heavy (non-hydrogen) atoms. The van der Waals surface area contributed by atoms with Crippen LogP contribution in [-0.2, 0) is 13.0 Å². The zero-order valence-electron chi connectivity index (χ0n) is 13.5. The van der Waals surface area contributed by atoms with Crippen LogP contribution in [0.2, 0.25) is 5.02 Å². The van der Waals surface area contributed by atoms with Gasteiger partial charge in [-0.05, 0) is 42.3 Å². The monoisotopic (exact) mass is 350 g/mol. The third kappa shape index (κ3) is 4.59. The van der Waals surface area contributed by atoms with Gasteiger partial charge in [-0.2, -0.15) is 0 Å². The van der Waals surface area contributed by atoms with Gasteiger partial charge in [-0.1, -0.05) is 23.7 Å². The summed E-state index contributed by atoms with van der Waals surface area (Å²) in [5, 5.41) is 14.3. The average molecular weight is 351 g/mol. The molecule has 0 aliphatic carbocycles. The van der Waals surface area contributed by atoms with Crippen molar-refractivity contribution in [2.45, 2.75) is 13.0 Å². The third-order valence-corrected chi connectivity index (χ3v) is 3.89. The molecule has 0 saturated heterocycles. The van der Waals surface area contributed by atoms with E-state index >= 15 is 0 Å². The molecule has 0 unspecified atom stereocenters. The molecule has 2 aromatic rings. The molecule has 0 atom stereocenters. The lowest BCUT2D eigenvalue weighted by molar-refractivity contribution is -0.384. The number of benzene rings is 2. The van der Waals surface area contributed by atoms with E-state index in [9.17, 15) is 10.1 Å². The van der Waals surface area contributed by atoms with Gasteiger partial charge in [0.2, 0.25) is 0 Å². The van der Waals surface area contributed by atoms with E-state index in [1.807, 2.05) is 18.2 Å². The highest BCUT2D eigenvalue weighted by Gasteiger charge is 2.12. The van der Waals surface area contributed by atoms with Gasteiger partial charge in [-0.15, -0.1) is 0 Å². The van der Waals surface area contributed by atoms with Crippen LogP contribution in [0.4, 0.5) is 5.69 Å². The fourth-order valence-electron chi connectivity index (χ4n) is 2.31. The molecule has 0 bridgehead atoms. The smallest absolute Gasteiger partial charge is 0.288 e. The number of ether oxygens (including phenoxy) is 2. The summed E-state index contributed by atoms with van der Waals surface area (Å²) >= 11 is 5.80. The lowest BCUT2D eigenvalue weighted by atomic mass is 10.1. The number of halogens is 1. The summed E-state index contributed by atoms with van der Waals surface area (Å²) < 4.78 is 10.5. The van der Waals surface area contributed by atoms with E-state index in [0.29, 0.717) is 18.0 Å². The number of rotatable bonds is 8. The molecule has 2 rings (SSSR count). The Bertz CT molecular complexity index is 722. The Hall–Kier alpha value is -2.31. The molecule has 2 aromatic carbocycles. The largest absolute Gasteiger partial charge is 0.493 e. The van der Waals surface area contributed by atoms with Crippen LogP contribution in [0.1, 0.15) is 11.1 Å². The highest BCUT2D eigenvalue weighted by molar-refractivity contribution is 6.32. The minimum absolute atomic E-state index is 0.0733. The van der Waals surface area contributed by atoms with Crippen LogP contribution in [-0.4, -0.2) is 25.7 Å². The van der Waals surface area contributed by atoms with Gasteiger partial charge in [0.15, 0.2) is 11.5 Å². The Morgan fingerprint density at radius 3 is 2.46 bits per heavy atom. The summed E-state index contributed by atoms with van der Waals surface area (Å²) in [5.74, 6) is 1.39. The molecule has 0 spiro atoms. The van der Waals surface area contributed by atoms with Crippen LogP contribution in [0.5, 0.6) is 11.5 Å². The zero-order valence-corrected chi connectivity index (χ0v) is 14.3. The van der Waals surface area contributed by atoms with Crippen molar-refractivity contribution >= 4 is 17.3 Å². The molecule has 0 aliphatic rings.